The van der Waals surface area contributed by atoms with Gasteiger partial charge >= 0.3 is 0 Å². The minimum absolute atomic E-state index is 0.0191. The number of aromatic nitrogens is 3. The van der Waals surface area contributed by atoms with Crippen LogP contribution in [-0.2, 0) is 4.79 Å². The van der Waals surface area contributed by atoms with Gasteiger partial charge in [-0.15, -0.1) is 11.3 Å². The van der Waals surface area contributed by atoms with Crippen molar-refractivity contribution in [3.63, 3.8) is 0 Å². The number of piperidine rings is 1. The maximum atomic E-state index is 12.9. The Kier molecular flexibility index (Phi) is 6.11. The molecule has 0 spiro atoms. The number of rotatable bonds is 4. The first-order chi connectivity index (χ1) is 14.8. The van der Waals surface area contributed by atoms with E-state index in [0.29, 0.717) is 41.6 Å². The Morgan fingerprint density at radius 3 is 2.35 bits per heavy atom. The van der Waals surface area contributed by atoms with Gasteiger partial charge in [0.25, 0.3) is 5.91 Å². The molecule has 4 rings (SSSR count). The standard InChI is InChI=1S/C22H24ClN5O2S/c1-13-12-31-22(24-13)25-20(29)16-8-10-27(11-9-16)21(30)17-4-6-18(7-5-17)28-15(3)19(23)14(2)26-28/h4-7,12,16H,8-11H2,1-3H3,(H,24,25,29). The summed E-state index contributed by atoms with van der Waals surface area (Å²) < 4.78 is 1.78. The van der Waals surface area contributed by atoms with Gasteiger partial charge in [-0.05, 0) is 57.9 Å². The highest BCUT2D eigenvalue weighted by molar-refractivity contribution is 7.13. The molecular weight excluding hydrogens is 434 g/mol. The Morgan fingerprint density at radius 2 is 1.81 bits per heavy atom. The highest BCUT2D eigenvalue weighted by Gasteiger charge is 2.28. The third-order valence-corrected chi connectivity index (χ3v) is 6.99. The third kappa shape index (κ3) is 4.50. The maximum absolute atomic E-state index is 12.9. The topological polar surface area (TPSA) is 80.1 Å². The quantitative estimate of drug-likeness (QED) is 0.629. The van der Waals surface area contributed by atoms with E-state index in [0.717, 1.165) is 22.8 Å². The van der Waals surface area contributed by atoms with E-state index >= 15 is 0 Å². The molecule has 0 unspecified atom stereocenters. The van der Waals surface area contributed by atoms with Gasteiger partial charge in [0.05, 0.1) is 27.8 Å². The van der Waals surface area contributed by atoms with Gasteiger partial charge in [0.2, 0.25) is 5.91 Å². The molecule has 0 radical (unpaired) electrons. The number of carbonyl (C=O) groups is 2. The number of thiazole rings is 1. The fourth-order valence-corrected chi connectivity index (χ4v) is 4.58. The van der Waals surface area contributed by atoms with E-state index in [1.165, 1.54) is 11.3 Å². The van der Waals surface area contributed by atoms with Gasteiger partial charge in [0.15, 0.2) is 5.13 Å². The maximum Gasteiger partial charge on any atom is 0.253 e. The molecular formula is C22H24ClN5O2S. The number of likely N-dealkylation sites (tertiary alicyclic amines) is 1. The van der Waals surface area contributed by atoms with Crippen molar-refractivity contribution in [3.05, 3.63) is 57.3 Å². The van der Waals surface area contributed by atoms with E-state index in [4.69, 9.17) is 11.6 Å². The molecule has 1 aliphatic rings. The van der Waals surface area contributed by atoms with Crippen molar-refractivity contribution in [2.45, 2.75) is 33.6 Å². The zero-order valence-electron chi connectivity index (χ0n) is 17.7. The summed E-state index contributed by atoms with van der Waals surface area (Å²) in [6, 6.07) is 7.37. The summed E-state index contributed by atoms with van der Waals surface area (Å²) in [5.41, 5.74) is 4.02. The molecule has 1 aliphatic heterocycles. The molecule has 7 nitrogen and oxygen atoms in total. The van der Waals surface area contributed by atoms with Crippen molar-refractivity contribution >= 4 is 39.9 Å². The molecule has 2 aromatic heterocycles. The second-order valence-electron chi connectivity index (χ2n) is 7.79. The van der Waals surface area contributed by atoms with E-state index in [2.05, 4.69) is 15.4 Å². The van der Waals surface area contributed by atoms with E-state index in [1.807, 2.05) is 55.3 Å². The SMILES string of the molecule is Cc1csc(NC(=O)C2CCN(C(=O)c3ccc(-n4nc(C)c(Cl)c4C)cc3)CC2)n1. The summed E-state index contributed by atoms with van der Waals surface area (Å²) in [7, 11) is 0. The molecule has 3 heterocycles. The smallest absolute Gasteiger partial charge is 0.253 e. The lowest BCUT2D eigenvalue weighted by atomic mass is 9.95. The van der Waals surface area contributed by atoms with Gasteiger partial charge in [-0.25, -0.2) is 9.67 Å². The van der Waals surface area contributed by atoms with Crippen LogP contribution in [0, 0.1) is 26.7 Å². The molecule has 0 bridgehead atoms. The molecule has 1 saturated heterocycles. The first kappa shape index (κ1) is 21.5. The highest BCUT2D eigenvalue weighted by atomic mass is 35.5. The van der Waals surface area contributed by atoms with E-state index < -0.39 is 0 Å². The lowest BCUT2D eigenvalue weighted by Gasteiger charge is -2.31. The summed E-state index contributed by atoms with van der Waals surface area (Å²) in [5, 5.41) is 10.5. The molecule has 31 heavy (non-hydrogen) atoms. The Hall–Kier alpha value is -2.71. The summed E-state index contributed by atoms with van der Waals surface area (Å²) in [6.07, 6.45) is 1.29. The number of amides is 2. The zero-order valence-corrected chi connectivity index (χ0v) is 19.3. The summed E-state index contributed by atoms with van der Waals surface area (Å²) >= 11 is 7.66. The normalized spacial score (nSPS) is 14.6. The van der Waals surface area contributed by atoms with Crippen LogP contribution in [-0.4, -0.2) is 44.6 Å². The number of hydrogen-bond donors (Lipinski definition) is 1. The summed E-state index contributed by atoms with van der Waals surface area (Å²) in [4.78, 5) is 31.5. The van der Waals surface area contributed by atoms with Gasteiger partial charge in [0, 0.05) is 30.0 Å². The predicted octanol–water partition coefficient (Wildman–Crippen LogP) is 4.40. The van der Waals surface area contributed by atoms with Crippen LogP contribution < -0.4 is 5.32 Å². The van der Waals surface area contributed by atoms with Crippen molar-refractivity contribution < 1.29 is 9.59 Å². The van der Waals surface area contributed by atoms with Gasteiger partial charge in [-0.1, -0.05) is 11.6 Å². The number of hydrogen-bond acceptors (Lipinski definition) is 5. The summed E-state index contributed by atoms with van der Waals surface area (Å²) in [5.74, 6) is -0.145. The molecule has 1 N–H and O–H groups in total. The second-order valence-corrected chi connectivity index (χ2v) is 9.03. The lowest BCUT2D eigenvalue weighted by molar-refractivity contribution is -0.121. The van der Waals surface area contributed by atoms with Crippen molar-refractivity contribution in [1.82, 2.24) is 19.7 Å². The fourth-order valence-electron chi connectivity index (χ4n) is 3.77. The number of halogens is 1. The van der Waals surface area contributed by atoms with E-state index in [-0.39, 0.29) is 17.7 Å². The first-order valence-corrected chi connectivity index (χ1v) is 11.4. The average Bonchev–Trinajstić information content (AvgIpc) is 3.30. The number of aryl methyl sites for hydroxylation is 2. The number of carbonyl (C=O) groups excluding carboxylic acids is 2. The van der Waals surface area contributed by atoms with Crippen molar-refractivity contribution in [1.29, 1.82) is 0 Å². The largest absolute Gasteiger partial charge is 0.339 e. The molecule has 3 aromatic rings. The number of nitrogens with one attached hydrogen (secondary N) is 1. The van der Waals surface area contributed by atoms with Crippen LogP contribution in [0.2, 0.25) is 5.02 Å². The Morgan fingerprint density at radius 1 is 1.13 bits per heavy atom. The van der Waals surface area contributed by atoms with Crippen LogP contribution in [0.4, 0.5) is 5.13 Å². The van der Waals surface area contributed by atoms with E-state index in [1.54, 1.807) is 4.68 Å². The van der Waals surface area contributed by atoms with Gasteiger partial charge in [-0.3, -0.25) is 9.59 Å². The Bertz CT molecular complexity index is 1110. The second kappa shape index (κ2) is 8.80. The van der Waals surface area contributed by atoms with Crippen LogP contribution in [0.1, 0.15) is 40.3 Å². The molecule has 1 fully saturated rings. The molecule has 0 saturated carbocycles. The average molecular weight is 458 g/mol. The van der Waals surface area contributed by atoms with Crippen LogP contribution in [0.15, 0.2) is 29.6 Å². The molecule has 162 valence electrons. The minimum atomic E-state index is -0.105. The molecule has 2 amide bonds. The van der Waals surface area contributed by atoms with E-state index in [9.17, 15) is 9.59 Å². The highest BCUT2D eigenvalue weighted by Crippen LogP contribution is 2.24. The lowest BCUT2D eigenvalue weighted by Crippen LogP contribution is -2.41. The number of anilines is 1. The predicted molar refractivity (Wildman–Crippen MR) is 122 cm³/mol. The number of benzene rings is 1. The van der Waals surface area contributed by atoms with Gasteiger partial charge in [0.1, 0.15) is 0 Å². The van der Waals surface area contributed by atoms with Crippen molar-refractivity contribution in [3.8, 4) is 5.69 Å². The number of nitrogens with zero attached hydrogens (tertiary/aromatic N) is 4. The Labute approximate surface area is 190 Å². The van der Waals surface area contributed by atoms with Crippen LogP contribution in [0.3, 0.4) is 0 Å². The molecule has 1 aromatic carbocycles. The fraction of sp³-hybridized carbons (Fsp3) is 0.364. The monoisotopic (exact) mass is 457 g/mol. The molecule has 0 aliphatic carbocycles. The molecule has 9 heteroatoms. The zero-order chi connectivity index (χ0) is 22.1. The Balaban J connectivity index is 1.36. The van der Waals surface area contributed by atoms with Crippen LogP contribution >= 0.6 is 22.9 Å². The minimum Gasteiger partial charge on any atom is -0.339 e. The van der Waals surface area contributed by atoms with Gasteiger partial charge < -0.3 is 10.2 Å². The van der Waals surface area contributed by atoms with Gasteiger partial charge in [-0.2, -0.15) is 5.10 Å². The van der Waals surface area contributed by atoms with Crippen molar-refractivity contribution in [2.75, 3.05) is 18.4 Å². The molecule has 0 atom stereocenters. The third-order valence-electron chi connectivity index (χ3n) is 5.56. The van der Waals surface area contributed by atoms with Crippen LogP contribution in [0.25, 0.3) is 5.69 Å². The first-order valence-electron chi connectivity index (χ1n) is 10.2. The van der Waals surface area contributed by atoms with Crippen molar-refractivity contribution in [2.24, 2.45) is 5.92 Å². The van der Waals surface area contributed by atoms with Crippen LogP contribution in [0.5, 0.6) is 0 Å². The summed E-state index contributed by atoms with van der Waals surface area (Å²) in [6.45, 7) is 6.80.